The van der Waals surface area contributed by atoms with Crippen LogP contribution in [0.15, 0.2) is 18.2 Å². The van der Waals surface area contributed by atoms with Gasteiger partial charge in [0.15, 0.2) is 11.5 Å². The molecular formula is C16H25NO3. The highest BCUT2D eigenvalue weighted by molar-refractivity contribution is 5.94. The minimum atomic E-state index is 0.0459. The SMILES string of the molecule is CCCCN(CC)C(=O)c1ccc(OC)c(OCC)c1. The molecule has 0 aliphatic heterocycles. The Morgan fingerprint density at radius 3 is 2.50 bits per heavy atom. The van der Waals surface area contributed by atoms with Crippen molar-refractivity contribution in [2.75, 3.05) is 26.8 Å². The van der Waals surface area contributed by atoms with Crippen molar-refractivity contribution in [3.05, 3.63) is 23.8 Å². The summed E-state index contributed by atoms with van der Waals surface area (Å²) in [5.74, 6) is 1.32. The fourth-order valence-electron chi connectivity index (χ4n) is 2.01. The predicted molar refractivity (Wildman–Crippen MR) is 80.6 cm³/mol. The molecule has 4 nitrogen and oxygen atoms in total. The van der Waals surface area contributed by atoms with E-state index >= 15 is 0 Å². The molecule has 1 aromatic rings. The second-order valence-corrected chi connectivity index (χ2v) is 4.54. The summed E-state index contributed by atoms with van der Waals surface area (Å²) >= 11 is 0. The molecule has 1 aromatic carbocycles. The van der Waals surface area contributed by atoms with Gasteiger partial charge < -0.3 is 14.4 Å². The van der Waals surface area contributed by atoms with Gasteiger partial charge >= 0.3 is 0 Å². The van der Waals surface area contributed by atoms with Crippen molar-refractivity contribution in [1.29, 1.82) is 0 Å². The summed E-state index contributed by atoms with van der Waals surface area (Å²) in [7, 11) is 1.60. The second-order valence-electron chi connectivity index (χ2n) is 4.54. The van der Waals surface area contributed by atoms with Gasteiger partial charge in [-0.05, 0) is 38.5 Å². The van der Waals surface area contributed by atoms with E-state index in [1.807, 2.05) is 18.7 Å². The maximum atomic E-state index is 12.5. The summed E-state index contributed by atoms with van der Waals surface area (Å²) < 4.78 is 10.8. The number of unbranched alkanes of at least 4 members (excludes halogenated alkanes) is 1. The molecule has 20 heavy (non-hydrogen) atoms. The lowest BCUT2D eigenvalue weighted by Crippen LogP contribution is -2.31. The van der Waals surface area contributed by atoms with Crippen LogP contribution in [0.3, 0.4) is 0 Å². The van der Waals surface area contributed by atoms with Gasteiger partial charge in [0.05, 0.1) is 13.7 Å². The Morgan fingerprint density at radius 1 is 1.20 bits per heavy atom. The molecule has 0 saturated heterocycles. The minimum Gasteiger partial charge on any atom is -0.493 e. The van der Waals surface area contributed by atoms with Gasteiger partial charge in [0.2, 0.25) is 0 Å². The molecule has 1 rings (SSSR count). The topological polar surface area (TPSA) is 38.8 Å². The predicted octanol–water partition coefficient (Wildman–Crippen LogP) is 3.36. The van der Waals surface area contributed by atoms with Crippen molar-refractivity contribution in [1.82, 2.24) is 4.90 Å². The van der Waals surface area contributed by atoms with Crippen LogP contribution in [0.4, 0.5) is 0 Å². The average Bonchev–Trinajstić information content (AvgIpc) is 2.48. The fraction of sp³-hybridized carbons (Fsp3) is 0.562. The van der Waals surface area contributed by atoms with Crippen molar-refractivity contribution in [3.63, 3.8) is 0 Å². The van der Waals surface area contributed by atoms with Crippen LogP contribution in [-0.4, -0.2) is 37.6 Å². The molecule has 112 valence electrons. The zero-order valence-corrected chi connectivity index (χ0v) is 12.9. The van der Waals surface area contributed by atoms with Gasteiger partial charge in [-0.15, -0.1) is 0 Å². The van der Waals surface area contributed by atoms with Crippen molar-refractivity contribution in [3.8, 4) is 11.5 Å². The zero-order valence-electron chi connectivity index (χ0n) is 12.9. The van der Waals surface area contributed by atoms with Crippen LogP contribution in [0, 0.1) is 0 Å². The third kappa shape index (κ3) is 4.15. The fourth-order valence-corrected chi connectivity index (χ4v) is 2.01. The number of hydrogen-bond acceptors (Lipinski definition) is 3. The van der Waals surface area contributed by atoms with Gasteiger partial charge in [-0.2, -0.15) is 0 Å². The second kappa shape index (κ2) is 8.46. The summed E-state index contributed by atoms with van der Waals surface area (Å²) in [5, 5.41) is 0. The molecule has 0 unspecified atom stereocenters. The van der Waals surface area contributed by atoms with Crippen molar-refractivity contribution >= 4 is 5.91 Å². The molecule has 4 heteroatoms. The maximum absolute atomic E-state index is 12.5. The van der Waals surface area contributed by atoms with Crippen LogP contribution in [0.25, 0.3) is 0 Å². The lowest BCUT2D eigenvalue weighted by Gasteiger charge is -2.21. The number of hydrogen-bond donors (Lipinski definition) is 0. The van der Waals surface area contributed by atoms with Crippen LogP contribution in [-0.2, 0) is 0 Å². The standard InChI is InChI=1S/C16H25NO3/c1-5-8-11-17(6-2)16(18)13-9-10-14(19-4)15(12-13)20-7-3/h9-10,12H,5-8,11H2,1-4H3. The van der Waals surface area contributed by atoms with Crippen molar-refractivity contribution < 1.29 is 14.3 Å². The Morgan fingerprint density at radius 2 is 1.95 bits per heavy atom. The molecule has 0 saturated carbocycles. The molecule has 0 spiro atoms. The molecule has 0 aliphatic carbocycles. The number of amides is 1. The minimum absolute atomic E-state index is 0.0459. The van der Waals surface area contributed by atoms with E-state index in [4.69, 9.17) is 9.47 Å². The van der Waals surface area contributed by atoms with E-state index in [1.54, 1.807) is 25.3 Å². The Hall–Kier alpha value is -1.71. The number of carbonyl (C=O) groups excluding carboxylic acids is 1. The number of benzene rings is 1. The van der Waals surface area contributed by atoms with Crippen LogP contribution in [0.2, 0.25) is 0 Å². The smallest absolute Gasteiger partial charge is 0.253 e. The molecule has 1 amide bonds. The van der Waals surface area contributed by atoms with Gasteiger partial charge in [0, 0.05) is 18.7 Å². The van der Waals surface area contributed by atoms with Crippen molar-refractivity contribution in [2.24, 2.45) is 0 Å². The van der Waals surface area contributed by atoms with E-state index in [0.29, 0.717) is 23.7 Å². The number of nitrogens with zero attached hydrogens (tertiary/aromatic N) is 1. The molecule has 0 fully saturated rings. The summed E-state index contributed by atoms with van der Waals surface area (Å²) in [6, 6.07) is 5.34. The molecule has 0 aliphatic rings. The maximum Gasteiger partial charge on any atom is 0.253 e. The van der Waals surface area contributed by atoms with Gasteiger partial charge in [-0.25, -0.2) is 0 Å². The Bertz CT molecular complexity index is 432. The molecule has 0 N–H and O–H groups in total. The Labute approximate surface area is 121 Å². The normalized spacial score (nSPS) is 10.2. The van der Waals surface area contributed by atoms with E-state index in [9.17, 15) is 4.79 Å². The van der Waals surface area contributed by atoms with Crippen LogP contribution in [0.5, 0.6) is 11.5 Å². The molecule has 0 heterocycles. The summed E-state index contributed by atoms with van der Waals surface area (Å²) in [4.78, 5) is 14.3. The lowest BCUT2D eigenvalue weighted by molar-refractivity contribution is 0.0761. The van der Waals surface area contributed by atoms with Gasteiger partial charge in [-0.3, -0.25) is 4.79 Å². The Kier molecular flexibility index (Phi) is 6.91. The molecule has 0 bridgehead atoms. The average molecular weight is 279 g/mol. The summed E-state index contributed by atoms with van der Waals surface area (Å²) in [5.41, 5.74) is 0.646. The first-order valence-electron chi connectivity index (χ1n) is 7.27. The van der Waals surface area contributed by atoms with Crippen LogP contribution >= 0.6 is 0 Å². The number of ether oxygens (including phenoxy) is 2. The van der Waals surface area contributed by atoms with E-state index in [-0.39, 0.29) is 5.91 Å². The number of methoxy groups -OCH3 is 1. The van der Waals surface area contributed by atoms with Crippen LogP contribution in [0.1, 0.15) is 44.0 Å². The van der Waals surface area contributed by atoms with E-state index in [2.05, 4.69) is 6.92 Å². The van der Waals surface area contributed by atoms with Gasteiger partial charge in [-0.1, -0.05) is 13.3 Å². The van der Waals surface area contributed by atoms with E-state index < -0.39 is 0 Å². The summed E-state index contributed by atoms with van der Waals surface area (Å²) in [6.45, 7) is 8.09. The van der Waals surface area contributed by atoms with Crippen LogP contribution < -0.4 is 9.47 Å². The highest BCUT2D eigenvalue weighted by Gasteiger charge is 2.16. The first-order valence-corrected chi connectivity index (χ1v) is 7.27. The van der Waals surface area contributed by atoms with Crippen molar-refractivity contribution in [2.45, 2.75) is 33.6 Å². The monoisotopic (exact) mass is 279 g/mol. The van der Waals surface area contributed by atoms with E-state index in [1.165, 1.54) is 0 Å². The third-order valence-corrected chi connectivity index (χ3v) is 3.16. The van der Waals surface area contributed by atoms with Gasteiger partial charge in [0.25, 0.3) is 5.91 Å². The van der Waals surface area contributed by atoms with E-state index in [0.717, 1.165) is 25.9 Å². The largest absolute Gasteiger partial charge is 0.493 e. The quantitative estimate of drug-likeness (QED) is 0.732. The third-order valence-electron chi connectivity index (χ3n) is 3.16. The first kappa shape index (κ1) is 16.3. The lowest BCUT2D eigenvalue weighted by atomic mass is 10.1. The number of carbonyl (C=O) groups is 1. The number of rotatable bonds is 8. The van der Waals surface area contributed by atoms with Gasteiger partial charge in [0.1, 0.15) is 0 Å². The molecule has 0 radical (unpaired) electrons. The molecular weight excluding hydrogens is 254 g/mol. The molecule has 0 atom stereocenters. The zero-order chi connectivity index (χ0) is 15.0. The molecule has 0 aromatic heterocycles. The highest BCUT2D eigenvalue weighted by Crippen LogP contribution is 2.28. The highest BCUT2D eigenvalue weighted by atomic mass is 16.5. The summed E-state index contributed by atoms with van der Waals surface area (Å²) in [6.07, 6.45) is 2.10. The first-order chi connectivity index (χ1) is 9.67. The Balaban J connectivity index is 2.93.